The first kappa shape index (κ1) is 19.5. The molecule has 2 aromatic carbocycles. The van der Waals surface area contributed by atoms with Crippen LogP contribution < -0.4 is 10.6 Å². The summed E-state index contributed by atoms with van der Waals surface area (Å²) in [5, 5.41) is 6.20. The van der Waals surface area contributed by atoms with Gasteiger partial charge in [0.15, 0.2) is 0 Å². The van der Waals surface area contributed by atoms with Crippen LogP contribution in [0.5, 0.6) is 0 Å². The predicted molar refractivity (Wildman–Crippen MR) is 114 cm³/mol. The van der Waals surface area contributed by atoms with Crippen molar-refractivity contribution in [3.8, 4) is 0 Å². The number of rotatable bonds is 5. The fourth-order valence-corrected chi connectivity index (χ4v) is 3.21. The molecule has 0 saturated carbocycles. The fourth-order valence-electron chi connectivity index (χ4n) is 3.21. The van der Waals surface area contributed by atoms with Gasteiger partial charge in [0.1, 0.15) is 0 Å². The van der Waals surface area contributed by atoms with Crippen LogP contribution in [0.15, 0.2) is 48.8 Å². The van der Waals surface area contributed by atoms with Crippen molar-refractivity contribution < 1.29 is 4.79 Å². The molecule has 0 aliphatic rings. The molecule has 0 aliphatic carbocycles. The molecular formula is C23H26N4O. The van der Waals surface area contributed by atoms with Crippen molar-refractivity contribution in [2.24, 2.45) is 0 Å². The summed E-state index contributed by atoms with van der Waals surface area (Å²) in [4.78, 5) is 21.2. The van der Waals surface area contributed by atoms with E-state index in [-0.39, 0.29) is 5.91 Å². The average molecular weight is 374 g/mol. The van der Waals surface area contributed by atoms with Crippen molar-refractivity contribution >= 4 is 23.2 Å². The number of aryl methyl sites for hydroxylation is 3. The highest BCUT2D eigenvalue weighted by Gasteiger charge is 2.12. The second kappa shape index (κ2) is 8.21. The quantitative estimate of drug-likeness (QED) is 0.617. The Morgan fingerprint density at radius 1 is 0.964 bits per heavy atom. The average Bonchev–Trinajstić information content (AvgIpc) is 2.63. The van der Waals surface area contributed by atoms with E-state index in [9.17, 15) is 4.79 Å². The number of anilines is 3. The Morgan fingerprint density at radius 2 is 1.61 bits per heavy atom. The molecule has 2 N–H and O–H groups in total. The van der Waals surface area contributed by atoms with Crippen molar-refractivity contribution in [3.05, 3.63) is 76.6 Å². The Bertz CT molecular complexity index is 974. The van der Waals surface area contributed by atoms with Gasteiger partial charge in [-0.1, -0.05) is 38.1 Å². The summed E-state index contributed by atoms with van der Waals surface area (Å²) in [5.41, 5.74) is 6.75. The minimum atomic E-state index is -0.227. The van der Waals surface area contributed by atoms with Crippen LogP contribution in [0.4, 0.5) is 17.3 Å². The molecule has 0 unspecified atom stereocenters. The predicted octanol–water partition coefficient (Wildman–Crippen LogP) is 5.52. The van der Waals surface area contributed by atoms with Gasteiger partial charge in [-0.15, -0.1) is 0 Å². The molecule has 0 aliphatic heterocycles. The van der Waals surface area contributed by atoms with E-state index in [1.165, 1.54) is 5.56 Å². The van der Waals surface area contributed by atoms with Gasteiger partial charge in [0.25, 0.3) is 5.91 Å². The molecule has 144 valence electrons. The molecule has 0 atom stereocenters. The number of carbonyl (C=O) groups is 1. The lowest BCUT2D eigenvalue weighted by Gasteiger charge is -2.16. The highest BCUT2D eigenvalue weighted by atomic mass is 16.1. The van der Waals surface area contributed by atoms with Crippen LogP contribution in [-0.2, 0) is 0 Å². The number of benzene rings is 2. The largest absolute Gasteiger partial charge is 0.324 e. The van der Waals surface area contributed by atoms with Gasteiger partial charge >= 0.3 is 0 Å². The smallest absolute Gasteiger partial charge is 0.258 e. The van der Waals surface area contributed by atoms with Crippen LogP contribution in [0.25, 0.3) is 0 Å². The summed E-state index contributed by atoms with van der Waals surface area (Å²) in [6, 6.07) is 12.2. The number of carbonyl (C=O) groups excluding carboxylic acids is 1. The standard InChI is InChI=1S/C23H26N4O/c1-14(2)20-8-6-7-17(5)21(20)27-23-24-12-18(13-25-23)22(28)26-19-10-15(3)9-16(4)11-19/h6-14H,1-5H3,(H,26,28)(H,24,25,27). The van der Waals surface area contributed by atoms with Crippen molar-refractivity contribution in [2.75, 3.05) is 10.6 Å². The van der Waals surface area contributed by atoms with Crippen molar-refractivity contribution in [1.29, 1.82) is 0 Å². The maximum atomic E-state index is 12.5. The van der Waals surface area contributed by atoms with Gasteiger partial charge in [0.05, 0.1) is 5.56 Å². The summed E-state index contributed by atoms with van der Waals surface area (Å²) in [6.45, 7) is 10.4. The molecule has 0 spiro atoms. The van der Waals surface area contributed by atoms with Gasteiger partial charge in [-0.3, -0.25) is 4.79 Å². The summed E-state index contributed by atoms with van der Waals surface area (Å²) >= 11 is 0. The topological polar surface area (TPSA) is 66.9 Å². The van der Waals surface area contributed by atoms with Gasteiger partial charge in [0, 0.05) is 23.8 Å². The van der Waals surface area contributed by atoms with Gasteiger partial charge in [-0.05, 0) is 61.1 Å². The molecule has 1 amide bonds. The van der Waals surface area contributed by atoms with E-state index in [1.54, 1.807) is 12.4 Å². The summed E-state index contributed by atoms with van der Waals surface area (Å²) in [6.07, 6.45) is 3.08. The molecule has 0 radical (unpaired) electrons. The molecular weight excluding hydrogens is 348 g/mol. The lowest BCUT2D eigenvalue weighted by molar-refractivity contribution is 0.102. The molecule has 0 saturated heterocycles. The monoisotopic (exact) mass is 374 g/mol. The molecule has 0 bridgehead atoms. The minimum absolute atomic E-state index is 0.227. The van der Waals surface area contributed by atoms with Crippen LogP contribution in [0.2, 0.25) is 0 Å². The summed E-state index contributed by atoms with van der Waals surface area (Å²) in [7, 11) is 0. The zero-order valence-corrected chi connectivity index (χ0v) is 17.0. The SMILES string of the molecule is Cc1cc(C)cc(NC(=O)c2cnc(Nc3c(C)cccc3C(C)C)nc2)c1. The summed E-state index contributed by atoms with van der Waals surface area (Å²) < 4.78 is 0. The lowest BCUT2D eigenvalue weighted by Crippen LogP contribution is -2.13. The van der Waals surface area contributed by atoms with Gasteiger partial charge in [-0.2, -0.15) is 0 Å². The second-order valence-corrected chi connectivity index (χ2v) is 7.44. The van der Waals surface area contributed by atoms with E-state index < -0.39 is 0 Å². The first-order chi connectivity index (χ1) is 13.3. The van der Waals surface area contributed by atoms with Gasteiger partial charge < -0.3 is 10.6 Å². The van der Waals surface area contributed by atoms with E-state index in [4.69, 9.17) is 0 Å². The van der Waals surface area contributed by atoms with Crippen molar-refractivity contribution in [3.63, 3.8) is 0 Å². The lowest BCUT2D eigenvalue weighted by atomic mass is 9.98. The highest BCUT2D eigenvalue weighted by molar-refractivity contribution is 6.04. The van der Waals surface area contributed by atoms with Crippen LogP contribution in [0, 0.1) is 20.8 Å². The number of hydrogen-bond donors (Lipinski definition) is 2. The third-order valence-corrected chi connectivity index (χ3v) is 4.56. The van der Waals surface area contributed by atoms with Crippen molar-refractivity contribution in [2.45, 2.75) is 40.5 Å². The second-order valence-electron chi connectivity index (χ2n) is 7.44. The summed E-state index contributed by atoms with van der Waals surface area (Å²) in [5.74, 6) is 0.625. The Morgan fingerprint density at radius 3 is 2.21 bits per heavy atom. The number of amides is 1. The Labute approximate surface area is 166 Å². The molecule has 1 aromatic heterocycles. The minimum Gasteiger partial charge on any atom is -0.324 e. The van der Waals surface area contributed by atoms with Gasteiger partial charge in [0.2, 0.25) is 5.95 Å². The third-order valence-electron chi connectivity index (χ3n) is 4.56. The van der Waals surface area contributed by atoms with Crippen LogP contribution in [-0.4, -0.2) is 15.9 Å². The first-order valence-electron chi connectivity index (χ1n) is 9.41. The molecule has 3 aromatic rings. The molecule has 28 heavy (non-hydrogen) atoms. The highest BCUT2D eigenvalue weighted by Crippen LogP contribution is 2.29. The van der Waals surface area contributed by atoms with Crippen LogP contribution in [0.3, 0.4) is 0 Å². The Kier molecular flexibility index (Phi) is 5.73. The van der Waals surface area contributed by atoms with Crippen LogP contribution >= 0.6 is 0 Å². The zero-order chi connectivity index (χ0) is 20.3. The molecule has 5 nitrogen and oxygen atoms in total. The number of aromatic nitrogens is 2. The Hall–Kier alpha value is -3.21. The Balaban J connectivity index is 1.76. The van der Waals surface area contributed by atoms with Crippen molar-refractivity contribution in [1.82, 2.24) is 9.97 Å². The van der Waals surface area contributed by atoms with Gasteiger partial charge in [-0.25, -0.2) is 9.97 Å². The molecule has 1 heterocycles. The third kappa shape index (κ3) is 4.55. The van der Waals surface area contributed by atoms with E-state index in [0.717, 1.165) is 28.1 Å². The molecule has 5 heteroatoms. The fraction of sp³-hybridized carbons (Fsp3) is 0.261. The number of nitrogens with one attached hydrogen (secondary N) is 2. The zero-order valence-electron chi connectivity index (χ0n) is 17.0. The number of hydrogen-bond acceptors (Lipinski definition) is 4. The van der Waals surface area contributed by atoms with E-state index in [1.807, 2.05) is 26.0 Å². The molecule has 3 rings (SSSR count). The maximum absolute atomic E-state index is 12.5. The maximum Gasteiger partial charge on any atom is 0.258 e. The van der Waals surface area contributed by atoms with E-state index >= 15 is 0 Å². The van der Waals surface area contributed by atoms with Crippen LogP contribution in [0.1, 0.15) is 52.4 Å². The number of nitrogens with zero attached hydrogens (tertiary/aromatic N) is 2. The van der Waals surface area contributed by atoms with E-state index in [0.29, 0.717) is 17.4 Å². The molecule has 0 fully saturated rings. The number of para-hydroxylation sites is 1. The first-order valence-corrected chi connectivity index (χ1v) is 9.41. The normalized spacial score (nSPS) is 10.8. The van der Waals surface area contributed by atoms with E-state index in [2.05, 4.69) is 65.6 Å².